The predicted octanol–water partition coefficient (Wildman–Crippen LogP) is -1.05. The highest BCUT2D eigenvalue weighted by Gasteiger charge is 2.31. The van der Waals surface area contributed by atoms with Crippen LogP contribution in [0, 0.1) is 0 Å². The van der Waals surface area contributed by atoms with Crippen molar-refractivity contribution in [2.75, 3.05) is 33.3 Å². The molecule has 1 aliphatic rings. The van der Waals surface area contributed by atoms with E-state index < -0.39 is 17.9 Å². The highest BCUT2D eigenvalue weighted by atomic mass is 16.5. The van der Waals surface area contributed by atoms with Crippen LogP contribution in [-0.2, 0) is 19.1 Å². The molecule has 0 aromatic rings. The number of amides is 4. The number of rotatable bonds is 6. The topological polar surface area (TPSA) is 96.0 Å². The number of methoxy groups -OCH3 is 1. The minimum Gasteiger partial charge on any atom is -0.469 e. The number of nitrogens with one attached hydrogen (secondary N) is 1. The largest absolute Gasteiger partial charge is 0.469 e. The minimum absolute atomic E-state index is 0.0796. The number of nitrogens with zero attached hydrogens (tertiary/aromatic N) is 2. The molecule has 8 heteroatoms. The second kappa shape index (κ2) is 6.72. The number of hydrogen-bond donors (Lipinski definition) is 1. The molecule has 19 heavy (non-hydrogen) atoms. The number of urea groups is 1. The summed E-state index contributed by atoms with van der Waals surface area (Å²) >= 11 is 0. The summed E-state index contributed by atoms with van der Waals surface area (Å²) in [5.74, 6) is -1.22. The van der Waals surface area contributed by atoms with E-state index in [9.17, 15) is 19.2 Å². The summed E-state index contributed by atoms with van der Waals surface area (Å²) in [4.78, 5) is 47.8. The number of ether oxygens (including phenoxy) is 1. The Morgan fingerprint density at radius 1 is 1.42 bits per heavy atom. The summed E-state index contributed by atoms with van der Waals surface area (Å²) in [6.07, 6.45) is 0.0796. The lowest BCUT2D eigenvalue weighted by molar-refractivity contribution is -0.142. The molecule has 4 amide bonds. The molecular formula is C11H17N3O5. The fourth-order valence-electron chi connectivity index (χ4n) is 1.64. The van der Waals surface area contributed by atoms with E-state index in [1.54, 1.807) is 6.92 Å². The molecule has 0 atom stereocenters. The highest BCUT2D eigenvalue weighted by Crippen LogP contribution is 2.02. The van der Waals surface area contributed by atoms with E-state index in [0.717, 1.165) is 4.90 Å². The molecule has 1 saturated heterocycles. The Balaban J connectivity index is 2.51. The van der Waals surface area contributed by atoms with Gasteiger partial charge >= 0.3 is 12.0 Å². The Hall–Kier alpha value is -2.12. The van der Waals surface area contributed by atoms with Crippen molar-refractivity contribution in [3.8, 4) is 0 Å². The second-order valence-electron chi connectivity index (χ2n) is 3.94. The normalized spacial score (nSPS) is 14.3. The maximum atomic E-state index is 11.9. The van der Waals surface area contributed by atoms with Crippen LogP contribution in [0.15, 0.2) is 0 Å². The molecule has 106 valence electrons. The van der Waals surface area contributed by atoms with E-state index in [-0.39, 0.29) is 32.0 Å². The Bertz CT molecular complexity index is 380. The fourth-order valence-corrected chi connectivity index (χ4v) is 1.64. The van der Waals surface area contributed by atoms with Gasteiger partial charge in [0.05, 0.1) is 20.1 Å². The lowest BCUT2D eigenvalue weighted by Gasteiger charge is -2.22. The van der Waals surface area contributed by atoms with Crippen molar-refractivity contribution >= 4 is 23.8 Å². The van der Waals surface area contributed by atoms with Crippen LogP contribution in [0.1, 0.15) is 13.3 Å². The SMILES string of the molecule is CCN(CCC(=O)OC)C(=O)CN1C(=O)CNC1=O. The summed E-state index contributed by atoms with van der Waals surface area (Å²) in [5, 5.41) is 2.33. The first kappa shape index (κ1) is 14.9. The van der Waals surface area contributed by atoms with Gasteiger partial charge in [0.1, 0.15) is 6.54 Å². The van der Waals surface area contributed by atoms with Gasteiger partial charge < -0.3 is 15.0 Å². The maximum Gasteiger partial charge on any atom is 0.325 e. The van der Waals surface area contributed by atoms with Crippen LogP contribution >= 0.6 is 0 Å². The van der Waals surface area contributed by atoms with Crippen LogP contribution in [-0.4, -0.2) is 66.9 Å². The third kappa shape index (κ3) is 3.94. The summed E-state index contributed by atoms with van der Waals surface area (Å²) in [5.41, 5.74) is 0. The third-order valence-electron chi connectivity index (χ3n) is 2.78. The number of hydrogen-bond acceptors (Lipinski definition) is 5. The zero-order valence-corrected chi connectivity index (χ0v) is 11.0. The van der Waals surface area contributed by atoms with Gasteiger partial charge in [-0.1, -0.05) is 0 Å². The number of likely N-dealkylation sites (N-methyl/N-ethyl adjacent to an activating group) is 1. The van der Waals surface area contributed by atoms with E-state index in [1.165, 1.54) is 12.0 Å². The average molecular weight is 271 g/mol. The van der Waals surface area contributed by atoms with Gasteiger partial charge in [-0.15, -0.1) is 0 Å². The zero-order valence-electron chi connectivity index (χ0n) is 11.0. The van der Waals surface area contributed by atoms with Gasteiger partial charge in [-0.2, -0.15) is 0 Å². The van der Waals surface area contributed by atoms with Crippen LogP contribution in [0.25, 0.3) is 0 Å². The van der Waals surface area contributed by atoms with Gasteiger partial charge in [-0.05, 0) is 6.92 Å². The molecule has 1 aliphatic heterocycles. The van der Waals surface area contributed by atoms with Crippen molar-refractivity contribution in [3.05, 3.63) is 0 Å². The van der Waals surface area contributed by atoms with Crippen LogP contribution in [0.3, 0.4) is 0 Å². The molecule has 0 bridgehead atoms. The molecule has 8 nitrogen and oxygen atoms in total. The van der Waals surface area contributed by atoms with Gasteiger partial charge in [-0.3, -0.25) is 19.3 Å². The second-order valence-corrected chi connectivity index (χ2v) is 3.94. The first-order valence-electron chi connectivity index (χ1n) is 5.92. The molecule has 0 aromatic carbocycles. The Morgan fingerprint density at radius 2 is 2.11 bits per heavy atom. The maximum absolute atomic E-state index is 11.9. The fraction of sp³-hybridized carbons (Fsp3) is 0.636. The number of esters is 1. The zero-order chi connectivity index (χ0) is 14.4. The Morgan fingerprint density at radius 3 is 2.58 bits per heavy atom. The first-order valence-corrected chi connectivity index (χ1v) is 5.92. The first-order chi connectivity index (χ1) is 8.99. The summed E-state index contributed by atoms with van der Waals surface area (Å²) in [6, 6.07) is -0.567. The van der Waals surface area contributed by atoms with Gasteiger partial charge in [0.25, 0.3) is 5.91 Å². The molecule has 0 spiro atoms. The molecule has 0 radical (unpaired) electrons. The molecule has 1 rings (SSSR count). The molecule has 0 saturated carbocycles. The number of imide groups is 1. The standard InChI is InChI=1S/C11H17N3O5/c1-3-13(5-4-10(17)19-2)9(16)7-14-8(15)6-12-11(14)18/h3-7H2,1-2H3,(H,12,18). The predicted molar refractivity (Wildman–Crippen MR) is 64.0 cm³/mol. The van der Waals surface area contributed by atoms with Crippen molar-refractivity contribution in [3.63, 3.8) is 0 Å². The van der Waals surface area contributed by atoms with Crippen LogP contribution in [0.5, 0.6) is 0 Å². The highest BCUT2D eigenvalue weighted by molar-refractivity contribution is 6.04. The molecule has 0 aliphatic carbocycles. The van der Waals surface area contributed by atoms with Crippen molar-refractivity contribution in [2.24, 2.45) is 0 Å². The monoisotopic (exact) mass is 271 g/mol. The lowest BCUT2D eigenvalue weighted by atomic mass is 10.3. The summed E-state index contributed by atoms with van der Waals surface area (Å²) < 4.78 is 4.49. The molecule has 0 aromatic heterocycles. The molecule has 1 fully saturated rings. The summed E-state index contributed by atoms with van der Waals surface area (Å²) in [6.45, 7) is 1.95. The van der Waals surface area contributed by atoms with Gasteiger partial charge in [-0.25, -0.2) is 4.79 Å². The van der Waals surface area contributed by atoms with Gasteiger partial charge in [0.2, 0.25) is 5.91 Å². The van der Waals surface area contributed by atoms with E-state index in [2.05, 4.69) is 10.1 Å². The Labute approximate surface area is 110 Å². The van der Waals surface area contributed by atoms with Crippen molar-refractivity contribution in [1.82, 2.24) is 15.1 Å². The van der Waals surface area contributed by atoms with Crippen molar-refractivity contribution in [1.29, 1.82) is 0 Å². The smallest absolute Gasteiger partial charge is 0.325 e. The molecule has 1 heterocycles. The quantitative estimate of drug-likeness (QED) is 0.491. The van der Waals surface area contributed by atoms with Gasteiger partial charge in [0, 0.05) is 13.1 Å². The molecule has 1 N–H and O–H groups in total. The van der Waals surface area contributed by atoms with Crippen molar-refractivity contribution in [2.45, 2.75) is 13.3 Å². The Kier molecular flexibility index (Phi) is 5.28. The van der Waals surface area contributed by atoms with Crippen LogP contribution in [0.2, 0.25) is 0 Å². The minimum atomic E-state index is -0.567. The molecular weight excluding hydrogens is 254 g/mol. The lowest BCUT2D eigenvalue weighted by Crippen LogP contribution is -2.43. The van der Waals surface area contributed by atoms with E-state index >= 15 is 0 Å². The third-order valence-corrected chi connectivity index (χ3v) is 2.78. The average Bonchev–Trinajstić information content (AvgIpc) is 2.71. The summed E-state index contributed by atoms with van der Waals surface area (Å²) in [7, 11) is 1.27. The van der Waals surface area contributed by atoms with E-state index in [4.69, 9.17) is 0 Å². The van der Waals surface area contributed by atoms with Crippen LogP contribution in [0.4, 0.5) is 4.79 Å². The molecule has 0 unspecified atom stereocenters. The number of carbonyl (C=O) groups excluding carboxylic acids is 4. The van der Waals surface area contributed by atoms with E-state index in [1.807, 2.05) is 0 Å². The van der Waals surface area contributed by atoms with Gasteiger partial charge in [0.15, 0.2) is 0 Å². The number of carbonyl (C=O) groups is 4. The van der Waals surface area contributed by atoms with Crippen LogP contribution < -0.4 is 5.32 Å². The van der Waals surface area contributed by atoms with Crippen molar-refractivity contribution < 1.29 is 23.9 Å². The van der Waals surface area contributed by atoms with E-state index in [0.29, 0.717) is 6.54 Å².